The number of methoxy groups -OCH3 is 2. The van der Waals surface area contributed by atoms with Gasteiger partial charge >= 0.3 is 0 Å². The zero-order valence-electron chi connectivity index (χ0n) is 8.63. The minimum atomic E-state index is 0.0217. The maximum absolute atomic E-state index is 9.71. The monoisotopic (exact) mass is 197 g/mol. The number of ether oxygens (including phenoxy) is 2. The van der Waals surface area contributed by atoms with Crippen molar-refractivity contribution in [1.29, 1.82) is 0 Å². The van der Waals surface area contributed by atoms with Crippen LogP contribution in [0, 0.1) is 0 Å². The molecular formula is C10H15NO3. The zero-order valence-corrected chi connectivity index (χ0v) is 8.63. The van der Waals surface area contributed by atoms with Gasteiger partial charge in [-0.2, -0.15) is 0 Å². The van der Waals surface area contributed by atoms with Crippen molar-refractivity contribution in [2.45, 2.75) is 6.92 Å². The van der Waals surface area contributed by atoms with Crippen LogP contribution in [0.15, 0.2) is 12.1 Å². The number of phenols is 1. The summed E-state index contributed by atoms with van der Waals surface area (Å²) in [5.74, 6) is 0.836. The third-order valence-electron chi connectivity index (χ3n) is 1.89. The summed E-state index contributed by atoms with van der Waals surface area (Å²) in [5.41, 5.74) is 0.758. The van der Waals surface area contributed by atoms with Crippen molar-refractivity contribution >= 4 is 5.69 Å². The number of nitrogens with one attached hydrogen (secondary N) is 1. The summed E-state index contributed by atoms with van der Waals surface area (Å²) in [4.78, 5) is 0. The third kappa shape index (κ3) is 1.84. The van der Waals surface area contributed by atoms with Gasteiger partial charge in [0.05, 0.1) is 19.9 Å². The van der Waals surface area contributed by atoms with E-state index < -0.39 is 0 Å². The van der Waals surface area contributed by atoms with Crippen molar-refractivity contribution in [3.8, 4) is 17.2 Å². The second kappa shape index (κ2) is 4.60. The smallest absolute Gasteiger partial charge is 0.202 e. The van der Waals surface area contributed by atoms with Gasteiger partial charge in [-0.3, -0.25) is 0 Å². The van der Waals surface area contributed by atoms with Crippen LogP contribution in [0.1, 0.15) is 6.92 Å². The van der Waals surface area contributed by atoms with E-state index in [1.165, 1.54) is 14.2 Å². The van der Waals surface area contributed by atoms with Crippen molar-refractivity contribution in [2.24, 2.45) is 0 Å². The Bertz CT molecular complexity index is 312. The number of hydrogen-bond acceptors (Lipinski definition) is 4. The Morgan fingerprint density at radius 3 is 2.50 bits per heavy atom. The minimum Gasteiger partial charge on any atom is -0.502 e. The molecule has 0 amide bonds. The van der Waals surface area contributed by atoms with E-state index in [0.717, 1.165) is 12.2 Å². The van der Waals surface area contributed by atoms with Gasteiger partial charge in [0.2, 0.25) is 5.75 Å². The maximum atomic E-state index is 9.71. The van der Waals surface area contributed by atoms with Crippen molar-refractivity contribution in [2.75, 3.05) is 26.1 Å². The molecule has 1 aromatic carbocycles. The summed E-state index contributed by atoms with van der Waals surface area (Å²) in [5, 5.41) is 12.8. The van der Waals surface area contributed by atoms with Crippen LogP contribution in [-0.2, 0) is 0 Å². The Labute approximate surface area is 83.5 Å². The first-order valence-electron chi connectivity index (χ1n) is 4.42. The Kier molecular flexibility index (Phi) is 3.45. The number of anilines is 1. The molecule has 78 valence electrons. The molecule has 0 radical (unpaired) electrons. The fourth-order valence-corrected chi connectivity index (χ4v) is 1.25. The van der Waals surface area contributed by atoms with Gasteiger partial charge in [-0.05, 0) is 19.1 Å². The Morgan fingerprint density at radius 2 is 2.00 bits per heavy atom. The van der Waals surface area contributed by atoms with E-state index in [2.05, 4.69) is 5.32 Å². The SMILES string of the molecule is CCNc1ccc(OC)c(O)c1OC. The average molecular weight is 197 g/mol. The quantitative estimate of drug-likeness (QED) is 0.773. The van der Waals surface area contributed by atoms with Crippen LogP contribution in [0.4, 0.5) is 5.69 Å². The lowest BCUT2D eigenvalue weighted by Crippen LogP contribution is -2.00. The van der Waals surface area contributed by atoms with Crippen molar-refractivity contribution < 1.29 is 14.6 Å². The number of benzene rings is 1. The molecule has 4 nitrogen and oxygen atoms in total. The van der Waals surface area contributed by atoms with Crippen LogP contribution in [0.25, 0.3) is 0 Å². The first-order chi connectivity index (χ1) is 6.74. The molecule has 1 aromatic rings. The van der Waals surface area contributed by atoms with Gasteiger partial charge in [0.1, 0.15) is 0 Å². The third-order valence-corrected chi connectivity index (χ3v) is 1.89. The Morgan fingerprint density at radius 1 is 1.29 bits per heavy atom. The molecular weight excluding hydrogens is 182 g/mol. The second-order valence-electron chi connectivity index (χ2n) is 2.73. The standard InChI is InChI=1S/C10H15NO3/c1-4-11-7-5-6-8(13-2)9(12)10(7)14-3/h5-6,11-12H,4H2,1-3H3. The van der Waals surface area contributed by atoms with E-state index in [1.54, 1.807) is 12.1 Å². The highest BCUT2D eigenvalue weighted by Gasteiger charge is 2.12. The number of rotatable bonds is 4. The van der Waals surface area contributed by atoms with Gasteiger partial charge in [0.15, 0.2) is 11.5 Å². The molecule has 4 heteroatoms. The van der Waals surface area contributed by atoms with Crippen LogP contribution >= 0.6 is 0 Å². The van der Waals surface area contributed by atoms with Gasteiger partial charge in [-0.1, -0.05) is 0 Å². The zero-order chi connectivity index (χ0) is 10.6. The molecule has 0 aliphatic heterocycles. The predicted octanol–water partition coefficient (Wildman–Crippen LogP) is 1.84. The van der Waals surface area contributed by atoms with Gasteiger partial charge in [0, 0.05) is 6.54 Å². The molecule has 14 heavy (non-hydrogen) atoms. The van der Waals surface area contributed by atoms with Gasteiger partial charge < -0.3 is 19.9 Å². The molecule has 0 aromatic heterocycles. The number of hydrogen-bond donors (Lipinski definition) is 2. The molecule has 0 unspecified atom stereocenters. The highest BCUT2D eigenvalue weighted by Crippen LogP contribution is 2.41. The van der Waals surface area contributed by atoms with E-state index in [0.29, 0.717) is 11.5 Å². The van der Waals surface area contributed by atoms with Gasteiger partial charge in [0.25, 0.3) is 0 Å². The molecule has 0 fully saturated rings. The van der Waals surface area contributed by atoms with Crippen LogP contribution in [0.3, 0.4) is 0 Å². The van der Waals surface area contributed by atoms with Crippen LogP contribution in [0.5, 0.6) is 17.2 Å². The lowest BCUT2D eigenvalue weighted by Gasteiger charge is -2.13. The number of phenolic OH excluding ortho intramolecular Hbond substituents is 1. The normalized spacial score (nSPS) is 9.64. The summed E-state index contributed by atoms with van der Waals surface area (Å²) in [7, 11) is 3.01. The fourth-order valence-electron chi connectivity index (χ4n) is 1.25. The predicted molar refractivity (Wildman–Crippen MR) is 55.4 cm³/mol. The molecule has 0 atom stereocenters. The topological polar surface area (TPSA) is 50.7 Å². The molecule has 0 saturated heterocycles. The van der Waals surface area contributed by atoms with Crippen molar-refractivity contribution in [3.63, 3.8) is 0 Å². The molecule has 0 aliphatic rings. The fraction of sp³-hybridized carbons (Fsp3) is 0.400. The summed E-state index contributed by atoms with van der Waals surface area (Å²) < 4.78 is 10.0. The van der Waals surface area contributed by atoms with Crippen LogP contribution in [0.2, 0.25) is 0 Å². The summed E-state index contributed by atoms with van der Waals surface area (Å²) in [6, 6.07) is 3.50. The average Bonchev–Trinajstić information content (AvgIpc) is 2.19. The lowest BCUT2D eigenvalue weighted by atomic mass is 10.2. The van der Waals surface area contributed by atoms with E-state index in [4.69, 9.17) is 9.47 Å². The molecule has 0 spiro atoms. The molecule has 0 aliphatic carbocycles. The molecule has 1 rings (SSSR count). The highest BCUT2D eigenvalue weighted by atomic mass is 16.5. The van der Waals surface area contributed by atoms with E-state index in [-0.39, 0.29) is 5.75 Å². The van der Waals surface area contributed by atoms with E-state index in [1.807, 2.05) is 6.92 Å². The highest BCUT2D eigenvalue weighted by molar-refractivity contribution is 5.67. The largest absolute Gasteiger partial charge is 0.502 e. The summed E-state index contributed by atoms with van der Waals surface area (Å²) in [6.45, 7) is 2.74. The van der Waals surface area contributed by atoms with Crippen LogP contribution in [-0.4, -0.2) is 25.9 Å². The molecule has 0 saturated carbocycles. The minimum absolute atomic E-state index is 0.0217. The molecule has 0 bridgehead atoms. The Balaban J connectivity index is 3.14. The molecule has 2 N–H and O–H groups in total. The van der Waals surface area contributed by atoms with Gasteiger partial charge in [-0.25, -0.2) is 0 Å². The lowest BCUT2D eigenvalue weighted by molar-refractivity contribution is 0.341. The van der Waals surface area contributed by atoms with E-state index >= 15 is 0 Å². The maximum Gasteiger partial charge on any atom is 0.202 e. The molecule has 0 heterocycles. The van der Waals surface area contributed by atoms with Crippen molar-refractivity contribution in [1.82, 2.24) is 0 Å². The first kappa shape index (κ1) is 10.5. The van der Waals surface area contributed by atoms with Crippen LogP contribution < -0.4 is 14.8 Å². The first-order valence-corrected chi connectivity index (χ1v) is 4.42. The van der Waals surface area contributed by atoms with E-state index in [9.17, 15) is 5.11 Å². The summed E-state index contributed by atoms with van der Waals surface area (Å²) >= 11 is 0. The second-order valence-corrected chi connectivity index (χ2v) is 2.73. The number of aromatic hydroxyl groups is 1. The van der Waals surface area contributed by atoms with Gasteiger partial charge in [-0.15, -0.1) is 0 Å². The van der Waals surface area contributed by atoms with Crippen molar-refractivity contribution in [3.05, 3.63) is 12.1 Å². The summed E-state index contributed by atoms with van der Waals surface area (Å²) in [6.07, 6.45) is 0. The Hall–Kier alpha value is -1.58.